The lowest BCUT2D eigenvalue weighted by molar-refractivity contribution is -0.145. The van der Waals surface area contributed by atoms with Gasteiger partial charge in [0.05, 0.1) is 7.11 Å². The molecule has 0 aromatic heterocycles. The van der Waals surface area contributed by atoms with Crippen LogP contribution in [0.2, 0.25) is 10.0 Å². The molecule has 0 N–H and O–H groups in total. The third-order valence-corrected chi connectivity index (χ3v) is 5.34. The van der Waals surface area contributed by atoms with Crippen molar-refractivity contribution >= 4 is 35.1 Å². The first kappa shape index (κ1) is 16.6. The first-order chi connectivity index (χ1) is 11.0. The molecule has 3 atom stereocenters. The van der Waals surface area contributed by atoms with Gasteiger partial charge < -0.3 is 9.64 Å². The number of halogens is 2. The summed E-state index contributed by atoms with van der Waals surface area (Å²) in [5.74, 6) is -0.175. The molecule has 23 heavy (non-hydrogen) atoms. The van der Waals surface area contributed by atoms with Crippen molar-refractivity contribution in [3.05, 3.63) is 33.8 Å². The van der Waals surface area contributed by atoms with E-state index in [4.69, 9.17) is 27.9 Å². The molecular weight excluding hydrogens is 337 g/mol. The Bertz CT molecular complexity index is 614. The number of benzene rings is 1. The van der Waals surface area contributed by atoms with Crippen molar-refractivity contribution in [2.45, 2.75) is 44.2 Å². The maximum Gasteiger partial charge on any atom is 0.328 e. The highest BCUT2D eigenvalue weighted by Gasteiger charge is 2.48. The first-order valence-corrected chi connectivity index (χ1v) is 8.63. The molecule has 1 saturated carbocycles. The monoisotopic (exact) mass is 355 g/mol. The maximum absolute atomic E-state index is 13.0. The van der Waals surface area contributed by atoms with E-state index in [-0.39, 0.29) is 17.9 Å². The Labute approximate surface area is 145 Å². The number of hydrogen-bond acceptors (Lipinski definition) is 3. The fraction of sp³-hybridized carbons (Fsp3) is 0.529. The van der Waals surface area contributed by atoms with Crippen LogP contribution in [-0.2, 0) is 9.53 Å². The molecule has 1 heterocycles. The number of esters is 1. The molecule has 1 aromatic carbocycles. The van der Waals surface area contributed by atoms with Crippen LogP contribution >= 0.6 is 23.2 Å². The van der Waals surface area contributed by atoms with Crippen molar-refractivity contribution in [2.75, 3.05) is 7.11 Å². The topological polar surface area (TPSA) is 46.6 Å². The largest absolute Gasteiger partial charge is 0.467 e. The molecule has 1 aromatic rings. The number of carbonyl (C=O) groups excluding carboxylic acids is 2. The molecular formula is C17H19Cl2NO3. The van der Waals surface area contributed by atoms with Gasteiger partial charge in [-0.15, -0.1) is 0 Å². The second kappa shape index (κ2) is 6.70. The van der Waals surface area contributed by atoms with Crippen LogP contribution in [0.4, 0.5) is 0 Å². The zero-order valence-corrected chi connectivity index (χ0v) is 14.4. The molecule has 2 aliphatic rings. The molecule has 0 unspecified atom stereocenters. The number of carbonyl (C=O) groups is 2. The minimum Gasteiger partial charge on any atom is -0.467 e. The number of likely N-dealkylation sites (tertiary alicyclic amines) is 1. The van der Waals surface area contributed by atoms with E-state index in [1.165, 1.54) is 7.11 Å². The summed E-state index contributed by atoms with van der Waals surface area (Å²) in [5, 5.41) is 0.824. The van der Waals surface area contributed by atoms with Crippen molar-refractivity contribution in [3.8, 4) is 0 Å². The zero-order valence-electron chi connectivity index (χ0n) is 12.9. The molecule has 0 radical (unpaired) electrons. The highest BCUT2D eigenvalue weighted by Crippen LogP contribution is 2.41. The lowest BCUT2D eigenvalue weighted by Crippen LogP contribution is -2.46. The van der Waals surface area contributed by atoms with E-state index >= 15 is 0 Å². The molecule has 6 heteroatoms. The lowest BCUT2D eigenvalue weighted by Gasteiger charge is -2.33. The SMILES string of the molecule is COC(=O)[C@@H]1C[C@@H]2CCCC[C@H]2N1C(=O)c1cc(Cl)cc(Cl)c1. The fourth-order valence-electron chi connectivity index (χ4n) is 3.93. The van der Waals surface area contributed by atoms with Crippen molar-refractivity contribution < 1.29 is 14.3 Å². The standard InChI is InChI=1S/C17H19Cl2NO3/c1-23-17(22)15-8-10-4-2-3-5-14(10)20(15)16(21)11-6-12(18)9-13(19)7-11/h6-7,9-10,14-15H,2-5,8H2,1H3/t10-,14+,15-/m0/s1. The summed E-state index contributed by atoms with van der Waals surface area (Å²) in [6.45, 7) is 0. The summed E-state index contributed by atoms with van der Waals surface area (Å²) in [5.41, 5.74) is 0.419. The molecule has 4 nitrogen and oxygen atoms in total. The smallest absolute Gasteiger partial charge is 0.328 e. The quantitative estimate of drug-likeness (QED) is 0.754. The number of amides is 1. The van der Waals surface area contributed by atoms with Gasteiger partial charge in [-0.2, -0.15) is 0 Å². The third kappa shape index (κ3) is 3.20. The van der Waals surface area contributed by atoms with E-state index in [9.17, 15) is 9.59 Å². The van der Waals surface area contributed by atoms with Gasteiger partial charge in [-0.1, -0.05) is 36.0 Å². The van der Waals surface area contributed by atoms with Crippen LogP contribution in [0, 0.1) is 5.92 Å². The van der Waals surface area contributed by atoms with E-state index in [1.807, 2.05) is 0 Å². The summed E-state index contributed by atoms with van der Waals surface area (Å²) in [6.07, 6.45) is 4.89. The van der Waals surface area contributed by atoms with Crippen LogP contribution in [0.25, 0.3) is 0 Å². The Balaban J connectivity index is 1.95. The third-order valence-electron chi connectivity index (χ3n) is 4.91. The average molecular weight is 356 g/mol. The molecule has 1 aliphatic carbocycles. The molecule has 3 rings (SSSR count). The van der Waals surface area contributed by atoms with E-state index in [1.54, 1.807) is 23.1 Å². The number of ether oxygens (including phenoxy) is 1. The summed E-state index contributed by atoms with van der Waals surface area (Å²) in [7, 11) is 1.36. The van der Waals surface area contributed by atoms with Crippen molar-refractivity contribution in [1.82, 2.24) is 4.90 Å². The molecule has 1 amide bonds. The highest BCUT2D eigenvalue weighted by molar-refractivity contribution is 6.35. The normalized spacial score (nSPS) is 26.7. The van der Waals surface area contributed by atoms with Gasteiger partial charge >= 0.3 is 5.97 Å². The first-order valence-electron chi connectivity index (χ1n) is 7.88. The van der Waals surface area contributed by atoms with E-state index < -0.39 is 6.04 Å². The summed E-state index contributed by atoms with van der Waals surface area (Å²) >= 11 is 12.0. The van der Waals surface area contributed by atoms with Gasteiger partial charge in [0.2, 0.25) is 0 Å². The second-order valence-electron chi connectivity index (χ2n) is 6.26. The van der Waals surface area contributed by atoms with Crippen LogP contribution in [0.1, 0.15) is 42.5 Å². The molecule has 1 aliphatic heterocycles. The summed E-state index contributed by atoms with van der Waals surface area (Å²) in [6, 6.07) is 4.36. The van der Waals surface area contributed by atoms with Gasteiger partial charge in [-0.25, -0.2) is 4.79 Å². The summed E-state index contributed by atoms with van der Waals surface area (Å²) in [4.78, 5) is 26.9. The van der Waals surface area contributed by atoms with Gasteiger partial charge in [0.1, 0.15) is 6.04 Å². The molecule has 0 spiro atoms. The van der Waals surface area contributed by atoms with E-state index in [2.05, 4.69) is 0 Å². The van der Waals surface area contributed by atoms with Crippen LogP contribution < -0.4 is 0 Å². The highest BCUT2D eigenvalue weighted by atomic mass is 35.5. The molecule has 1 saturated heterocycles. The zero-order chi connectivity index (χ0) is 16.6. The van der Waals surface area contributed by atoms with Crippen LogP contribution in [0.5, 0.6) is 0 Å². The van der Waals surface area contributed by atoms with Crippen LogP contribution in [0.15, 0.2) is 18.2 Å². The lowest BCUT2D eigenvalue weighted by atomic mass is 9.84. The Hall–Kier alpha value is -1.26. The Morgan fingerprint density at radius 3 is 2.43 bits per heavy atom. The van der Waals surface area contributed by atoms with Gasteiger partial charge in [0.15, 0.2) is 0 Å². The molecule has 0 bridgehead atoms. The Kier molecular flexibility index (Phi) is 4.83. The number of nitrogens with zero attached hydrogens (tertiary/aromatic N) is 1. The van der Waals surface area contributed by atoms with Crippen molar-refractivity contribution in [2.24, 2.45) is 5.92 Å². The summed E-state index contributed by atoms with van der Waals surface area (Å²) < 4.78 is 4.92. The Morgan fingerprint density at radius 1 is 1.13 bits per heavy atom. The average Bonchev–Trinajstić information content (AvgIpc) is 2.91. The minimum atomic E-state index is -0.515. The van der Waals surface area contributed by atoms with Crippen molar-refractivity contribution in [1.29, 1.82) is 0 Å². The van der Waals surface area contributed by atoms with Gasteiger partial charge in [-0.05, 0) is 43.4 Å². The number of methoxy groups -OCH3 is 1. The second-order valence-corrected chi connectivity index (χ2v) is 7.13. The van der Waals surface area contributed by atoms with Crippen LogP contribution in [0.3, 0.4) is 0 Å². The Morgan fingerprint density at radius 2 is 1.78 bits per heavy atom. The predicted octanol–water partition coefficient (Wildman–Crippen LogP) is 3.94. The fourth-order valence-corrected chi connectivity index (χ4v) is 4.45. The minimum absolute atomic E-state index is 0.0955. The molecule has 2 fully saturated rings. The number of fused-ring (bicyclic) bond motifs is 1. The predicted molar refractivity (Wildman–Crippen MR) is 88.8 cm³/mol. The van der Waals surface area contributed by atoms with Gasteiger partial charge in [0.25, 0.3) is 5.91 Å². The van der Waals surface area contributed by atoms with Gasteiger partial charge in [-0.3, -0.25) is 4.79 Å². The van der Waals surface area contributed by atoms with Crippen molar-refractivity contribution in [3.63, 3.8) is 0 Å². The number of rotatable bonds is 2. The molecule has 124 valence electrons. The maximum atomic E-state index is 13.0. The van der Waals surface area contributed by atoms with Gasteiger partial charge in [0, 0.05) is 21.7 Å². The van der Waals surface area contributed by atoms with E-state index in [0.29, 0.717) is 27.9 Å². The number of hydrogen-bond donors (Lipinski definition) is 0. The van der Waals surface area contributed by atoms with Crippen LogP contribution in [-0.4, -0.2) is 36.0 Å². The van der Waals surface area contributed by atoms with E-state index in [0.717, 1.165) is 25.7 Å².